The summed E-state index contributed by atoms with van der Waals surface area (Å²) in [5, 5.41) is 14.7. The number of hydrogen-bond donors (Lipinski definition) is 3. The van der Waals surface area contributed by atoms with Crippen LogP contribution in [0.5, 0.6) is 0 Å². The van der Waals surface area contributed by atoms with E-state index in [-0.39, 0.29) is 35.4 Å². The molecule has 1 aliphatic heterocycles. The predicted octanol–water partition coefficient (Wildman–Crippen LogP) is 1.33. The summed E-state index contributed by atoms with van der Waals surface area (Å²) in [6.45, 7) is 4.75. The number of ketones is 1. The molecular weight excluding hydrogens is 489 g/mol. The molecule has 0 spiro atoms. The minimum Gasteiger partial charge on any atom is -0.357 e. The van der Waals surface area contributed by atoms with E-state index in [4.69, 9.17) is 5.84 Å². The third-order valence-corrected chi connectivity index (χ3v) is 6.47. The van der Waals surface area contributed by atoms with Crippen LogP contribution in [-0.4, -0.2) is 79.8 Å². The average molecular weight is 510 g/mol. The molecule has 4 aromatic rings. The highest BCUT2D eigenvalue weighted by Crippen LogP contribution is 2.30. The smallest absolute Gasteiger partial charge is 0.295 e. The number of carbonyl (C=O) groups excluding carboxylic acids is 2. The number of hydrogen-bond acceptors (Lipinski definition) is 11. The van der Waals surface area contributed by atoms with Gasteiger partial charge in [-0.2, -0.15) is 10.3 Å². The van der Waals surface area contributed by atoms with E-state index >= 15 is 0 Å². The van der Waals surface area contributed by atoms with Gasteiger partial charge in [0.05, 0.1) is 22.7 Å². The number of carbonyl (C=O) groups is 2. The lowest BCUT2D eigenvalue weighted by atomic mass is 10.1. The fraction of sp³-hybridized carbons (Fsp3) is 0.190. The maximum atomic E-state index is 14.7. The number of rotatable bonds is 7. The maximum Gasteiger partial charge on any atom is 0.295 e. The fourth-order valence-electron chi connectivity index (χ4n) is 3.97. The summed E-state index contributed by atoms with van der Waals surface area (Å²) in [4.78, 5) is 44.2. The zero-order valence-electron chi connectivity index (χ0n) is 18.8. The summed E-state index contributed by atoms with van der Waals surface area (Å²) in [6.07, 6.45) is 6.61. The molecule has 5 heterocycles. The molecule has 0 unspecified atom stereocenters. The molecule has 4 aromatic heterocycles. The van der Waals surface area contributed by atoms with Crippen LogP contribution in [0.2, 0.25) is 0 Å². The van der Waals surface area contributed by atoms with Crippen LogP contribution < -0.4 is 15.8 Å². The Morgan fingerprint density at radius 1 is 1.25 bits per heavy atom. The number of piperazine rings is 1. The summed E-state index contributed by atoms with van der Waals surface area (Å²) in [5.41, 5.74) is 0.709. The number of halogens is 1. The molecule has 0 bridgehead atoms. The monoisotopic (exact) mass is 509 g/mol. The molecule has 0 aliphatic carbocycles. The van der Waals surface area contributed by atoms with Crippen molar-refractivity contribution >= 4 is 52.3 Å². The molecule has 13 nitrogen and oxygen atoms in total. The molecule has 0 atom stereocenters. The van der Waals surface area contributed by atoms with Gasteiger partial charge in [0.25, 0.3) is 11.7 Å². The van der Waals surface area contributed by atoms with Crippen LogP contribution in [0.25, 0.3) is 21.6 Å². The van der Waals surface area contributed by atoms with E-state index in [0.717, 1.165) is 16.2 Å². The third kappa shape index (κ3) is 4.09. The number of pyridine rings is 1. The lowest BCUT2D eigenvalue weighted by molar-refractivity contribution is -0.126. The minimum absolute atomic E-state index is 0.0666. The normalized spacial score (nSPS) is 14.1. The van der Waals surface area contributed by atoms with E-state index in [2.05, 4.69) is 42.1 Å². The van der Waals surface area contributed by atoms with Crippen LogP contribution in [-0.2, 0) is 4.79 Å². The maximum absolute atomic E-state index is 14.7. The SMILES string of the molecule is C=N/C=C\N(N)c1ncc(F)c2c(C(=O)C(=O)N3CCN(c4n[nH]nc4-c4nccs4)CC3)c[nH]c12. The van der Waals surface area contributed by atoms with Gasteiger partial charge in [-0.25, -0.2) is 20.2 Å². The number of Topliss-reactive ketones (excluding diaryl/α,β-unsaturated/α-hetero) is 1. The van der Waals surface area contributed by atoms with E-state index in [9.17, 15) is 14.0 Å². The molecular formula is C21H20FN11O2S. The molecule has 1 saturated heterocycles. The summed E-state index contributed by atoms with van der Waals surface area (Å²) < 4.78 is 14.7. The van der Waals surface area contributed by atoms with E-state index in [1.807, 2.05) is 10.3 Å². The number of amides is 1. The molecule has 1 amide bonds. The minimum atomic E-state index is -0.831. The Morgan fingerprint density at radius 3 is 2.78 bits per heavy atom. The van der Waals surface area contributed by atoms with Crippen molar-refractivity contribution in [1.29, 1.82) is 0 Å². The van der Waals surface area contributed by atoms with Crippen molar-refractivity contribution in [3.63, 3.8) is 0 Å². The number of nitrogens with two attached hydrogens (primary N) is 1. The van der Waals surface area contributed by atoms with Crippen LogP contribution in [0.1, 0.15) is 10.4 Å². The van der Waals surface area contributed by atoms with E-state index < -0.39 is 17.5 Å². The van der Waals surface area contributed by atoms with Crippen molar-refractivity contribution in [3.05, 3.63) is 47.8 Å². The second-order valence-electron chi connectivity index (χ2n) is 7.71. The highest BCUT2D eigenvalue weighted by molar-refractivity contribution is 7.13. The molecule has 1 aliphatic rings. The summed E-state index contributed by atoms with van der Waals surface area (Å²) in [7, 11) is 0. The van der Waals surface area contributed by atoms with E-state index in [1.54, 1.807) is 6.20 Å². The first kappa shape index (κ1) is 23.3. The lowest BCUT2D eigenvalue weighted by Gasteiger charge is -2.34. The Balaban J connectivity index is 1.33. The van der Waals surface area contributed by atoms with Crippen LogP contribution in [0.4, 0.5) is 16.0 Å². The standard InChI is InChI=1S/C21H20FN11O2S/c1-24-2-4-33(23)18-15-14(13(22)11-27-18)12(10-26-15)17(34)21(35)32-7-5-31(6-8-32)19-16(28-30-29-19)20-25-3-9-36-20/h2-4,9-11,26H,1,5-8,23H2,(H,28,29,30)/b4-2-. The molecule has 36 heavy (non-hydrogen) atoms. The largest absolute Gasteiger partial charge is 0.357 e. The number of nitrogens with one attached hydrogen (secondary N) is 2. The van der Waals surface area contributed by atoms with Crippen molar-refractivity contribution in [2.45, 2.75) is 0 Å². The molecule has 4 N–H and O–H groups in total. The Labute approximate surface area is 207 Å². The van der Waals surface area contributed by atoms with Crippen LogP contribution in [0.15, 0.2) is 41.4 Å². The number of fused-ring (bicyclic) bond motifs is 1. The van der Waals surface area contributed by atoms with Crippen LogP contribution >= 0.6 is 11.3 Å². The molecule has 1 fully saturated rings. The van der Waals surface area contributed by atoms with Gasteiger partial charge in [0.1, 0.15) is 5.01 Å². The zero-order valence-corrected chi connectivity index (χ0v) is 19.6. The quantitative estimate of drug-likeness (QED) is 0.109. The number of nitrogens with zero attached hydrogens (tertiary/aromatic N) is 8. The first-order valence-electron chi connectivity index (χ1n) is 10.7. The van der Waals surface area contributed by atoms with Gasteiger partial charge in [-0.05, 0) is 6.72 Å². The molecule has 184 valence electrons. The number of aromatic amines is 2. The number of anilines is 2. The Hall–Kier alpha value is -4.50. The van der Waals surface area contributed by atoms with Crippen molar-refractivity contribution in [2.75, 3.05) is 36.1 Å². The molecule has 15 heteroatoms. The molecule has 0 aromatic carbocycles. The van der Waals surface area contributed by atoms with E-state index in [1.165, 1.54) is 34.8 Å². The van der Waals surface area contributed by atoms with Gasteiger partial charge in [0, 0.05) is 56.4 Å². The number of thiazole rings is 1. The van der Waals surface area contributed by atoms with Gasteiger partial charge in [-0.1, -0.05) is 0 Å². The highest BCUT2D eigenvalue weighted by Gasteiger charge is 2.31. The summed E-state index contributed by atoms with van der Waals surface area (Å²) >= 11 is 1.45. The Bertz CT molecular complexity index is 1450. The van der Waals surface area contributed by atoms with Gasteiger partial charge >= 0.3 is 0 Å². The van der Waals surface area contributed by atoms with Gasteiger partial charge < -0.3 is 14.8 Å². The summed E-state index contributed by atoms with van der Waals surface area (Å²) in [6, 6.07) is 0. The van der Waals surface area contributed by atoms with Crippen molar-refractivity contribution in [1.82, 2.24) is 35.3 Å². The topological polar surface area (TPSA) is 165 Å². The Morgan fingerprint density at radius 2 is 2.06 bits per heavy atom. The Kier molecular flexibility index (Phi) is 6.22. The fourth-order valence-corrected chi connectivity index (χ4v) is 4.59. The second-order valence-corrected chi connectivity index (χ2v) is 8.61. The first-order chi connectivity index (χ1) is 17.5. The molecule has 0 saturated carbocycles. The second kappa shape index (κ2) is 9.63. The molecule has 5 rings (SSSR count). The average Bonchev–Trinajstić information content (AvgIpc) is 3.67. The van der Waals surface area contributed by atoms with E-state index in [0.29, 0.717) is 24.6 Å². The van der Waals surface area contributed by atoms with Crippen molar-refractivity contribution < 1.29 is 14.0 Å². The molecule has 0 radical (unpaired) electrons. The van der Waals surface area contributed by atoms with Gasteiger partial charge in [-0.15, -0.1) is 16.4 Å². The van der Waals surface area contributed by atoms with Gasteiger partial charge in [0.15, 0.2) is 23.1 Å². The third-order valence-electron chi connectivity index (χ3n) is 5.69. The zero-order chi connectivity index (χ0) is 25.2. The van der Waals surface area contributed by atoms with Crippen LogP contribution in [0, 0.1) is 5.82 Å². The highest BCUT2D eigenvalue weighted by atomic mass is 32.1. The number of hydrazine groups is 1. The lowest BCUT2D eigenvalue weighted by Crippen LogP contribution is -2.50. The predicted molar refractivity (Wildman–Crippen MR) is 132 cm³/mol. The number of aromatic nitrogens is 6. The van der Waals surface area contributed by atoms with Crippen molar-refractivity contribution in [3.8, 4) is 10.7 Å². The summed E-state index contributed by atoms with van der Waals surface area (Å²) in [5.74, 6) is 4.40. The van der Waals surface area contributed by atoms with Gasteiger partial charge in [0.2, 0.25) is 0 Å². The van der Waals surface area contributed by atoms with Crippen LogP contribution in [0.3, 0.4) is 0 Å². The van der Waals surface area contributed by atoms with Gasteiger partial charge in [-0.3, -0.25) is 19.6 Å². The number of H-pyrrole nitrogens is 2. The first-order valence-corrected chi connectivity index (χ1v) is 11.6. The number of aliphatic imine (C=N–C) groups is 1. The van der Waals surface area contributed by atoms with Crippen molar-refractivity contribution in [2.24, 2.45) is 10.8 Å².